The van der Waals surface area contributed by atoms with Crippen LogP contribution in [-0.2, 0) is 14.4 Å². The van der Waals surface area contributed by atoms with Gasteiger partial charge in [0.1, 0.15) is 11.4 Å². The Morgan fingerprint density at radius 1 is 1.41 bits per heavy atom. The van der Waals surface area contributed by atoms with Gasteiger partial charge in [0.2, 0.25) is 5.54 Å². The molecule has 0 aliphatic carbocycles. The zero-order valence-electron chi connectivity index (χ0n) is 9.21. The topological polar surface area (TPSA) is 121 Å². The van der Waals surface area contributed by atoms with Crippen molar-refractivity contribution in [3.63, 3.8) is 0 Å². The maximum Gasteiger partial charge on any atom is 0.336 e. The maximum atomic E-state index is 11.8. The molecule has 3 atom stereocenters. The van der Waals surface area contributed by atoms with Crippen LogP contribution in [0, 0.1) is 0 Å². The molecule has 0 unspecified atom stereocenters. The third-order valence-corrected chi connectivity index (χ3v) is 4.82. The number of fused-ring (bicyclic) bond motifs is 1. The van der Waals surface area contributed by atoms with Crippen LogP contribution in [0.3, 0.4) is 0 Å². The van der Waals surface area contributed by atoms with E-state index in [0.717, 1.165) is 16.7 Å². The SMILES string of the molecule is CC1(C)S[C@H]2N(C(=O)[C@@]2(N)C(=O)O)[C@H]1C(=O)O. The molecule has 0 aromatic heterocycles. The average molecular weight is 260 g/mol. The molecule has 2 saturated heterocycles. The molecular formula is C9H12N2O5S. The van der Waals surface area contributed by atoms with E-state index in [4.69, 9.17) is 15.9 Å². The zero-order valence-corrected chi connectivity index (χ0v) is 10.0. The zero-order chi connectivity index (χ0) is 13.2. The van der Waals surface area contributed by atoms with Crippen LogP contribution >= 0.6 is 11.8 Å². The Morgan fingerprint density at radius 2 is 1.94 bits per heavy atom. The standard InChI is InChI=1S/C9H12N2O5S/c1-8(2)3(4(12)13)11-5(14)9(10,7(15)16)6(11)17-8/h3,6H,10H2,1-2H3,(H,12,13)(H,15,16)/t3-,6+,9-/m0/s1. The predicted octanol–water partition coefficient (Wildman–Crippen LogP) is -1.08. The summed E-state index contributed by atoms with van der Waals surface area (Å²) in [5.41, 5.74) is 3.56. The number of amides is 1. The Balaban J connectivity index is 2.41. The molecule has 2 aliphatic heterocycles. The Kier molecular flexibility index (Phi) is 2.25. The van der Waals surface area contributed by atoms with Gasteiger partial charge in [-0.25, -0.2) is 9.59 Å². The van der Waals surface area contributed by atoms with Crippen molar-refractivity contribution >= 4 is 29.6 Å². The first kappa shape index (κ1) is 12.2. The number of thioether (sulfide) groups is 1. The number of carbonyl (C=O) groups excluding carboxylic acids is 1. The molecular weight excluding hydrogens is 248 g/mol. The number of β-lactam (4-membered cyclic amide) rings is 1. The molecule has 94 valence electrons. The molecule has 0 bridgehead atoms. The van der Waals surface area contributed by atoms with Crippen LogP contribution in [0.25, 0.3) is 0 Å². The second-order valence-corrected chi connectivity index (χ2v) is 6.44. The Morgan fingerprint density at radius 3 is 2.35 bits per heavy atom. The number of carboxylic acids is 2. The van der Waals surface area contributed by atoms with E-state index >= 15 is 0 Å². The van der Waals surface area contributed by atoms with Crippen molar-refractivity contribution in [3.8, 4) is 0 Å². The number of carbonyl (C=O) groups is 3. The first-order valence-electron chi connectivity index (χ1n) is 4.89. The van der Waals surface area contributed by atoms with Crippen molar-refractivity contribution in [3.05, 3.63) is 0 Å². The maximum absolute atomic E-state index is 11.8. The molecule has 2 aliphatic rings. The third-order valence-electron chi connectivity index (χ3n) is 3.17. The van der Waals surface area contributed by atoms with Crippen molar-refractivity contribution in [1.29, 1.82) is 0 Å². The van der Waals surface area contributed by atoms with Crippen LogP contribution in [0.2, 0.25) is 0 Å². The number of aliphatic carboxylic acids is 2. The Bertz CT molecular complexity index is 437. The fraction of sp³-hybridized carbons (Fsp3) is 0.667. The summed E-state index contributed by atoms with van der Waals surface area (Å²) in [6, 6.07) is -1.04. The molecule has 2 heterocycles. The molecule has 8 heteroatoms. The quantitative estimate of drug-likeness (QED) is 0.426. The van der Waals surface area contributed by atoms with Gasteiger partial charge in [-0.1, -0.05) is 0 Å². The van der Waals surface area contributed by atoms with E-state index in [2.05, 4.69) is 0 Å². The van der Waals surface area contributed by atoms with E-state index in [-0.39, 0.29) is 0 Å². The number of carboxylic acid groups (broad SMARTS) is 2. The molecule has 2 fully saturated rings. The van der Waals surface area contributed by atoms with Crippen molar-refractivity contribution in [2.24, 2.45) is 5.73 Å². The van der Waals surface area contributed by atoms with Crippen LogP contribution < -0.4 is 5.73 Å². The molecule has 0 aromatic carbocycles. The number of nitrogens with two attached hydrogens (primary N) is 1. The lowest BCUT2D eigenvalue weighted by molar-refractivity contribution is -0.174. The van der Waals surface area contributed by atoms with Crippen LogP contribution in [0.4, 0.5) is 0 Å². The second-order valence-electron chi connectivity index (χ2n) is 4.70. The van der Waals surface area contributed by atoms with E-state index in [1.165, 1.54) is 0 Å². The number of rotatable bonds is 2. The largest absolute Gasteiger partial charge is 0.480 e. The van der Waals surface area contributed by atoms with Crippen LogP contribution in [-0.4, -0.2) is 54.7 Å². The van der Waals surface area contributed by atoms with Crippen molar-refractivity contribution in [2.45, 2.75) is 35.5 Å². The summed E-state index contributed by atoms with van der Waals surface area (Å²) in [5, 5.41) is 17.3. The molecule has 1 amide bonds. The number of hydrogen-bond donors (Lipinski definition) is 3. The molecule has 2 rings (SSSR count). The van der Waals surface area contributed by atoms with Gasteiger partial charge in [0.15, 0.2) is 0 Å². The highest BCUT2D eigenvalue weighted by Crippen LogP contribution is 2.53. The van der Waals surface area contributed by atoms with E-state index < -0.39 is 39.5 Å². The van der Waals surface area contributed by atoms with Gasteiger partial charge in [0.05, 0.1) is 0 Å². The molecule has 7 nitrogen and oxygen atoms in total. The first-order valence-corrected chi connectivity index (χ1v) is 5.77. The lowest BCUT2D eigenvalue weighted by atomic mass is 9.85. The highest BCUT2D eigenvalue weighted by molar-refractivity contribution is 8.01. The van der Waals surface area contributed by atoms with Crippen molar-refractivity contribution in [2.75, 3.05) is 0 Å². The third kappa shape index (κ3) is 1.25. The number of nitrogens with zero attached hydrogens (tertiary/aromatic N) is 1. The van der Waals surface area contributed by atoms with Gasteiger partial charge in [-0.05, 0) is 13.8 Å². The van der Waals surface area contributed by atoms with E-state index in [0.29, 0.717) is 0 Å². The van der Waals surface area contributed by atoms with E-state index in [1.807, 2.05) is 0 Å². The number of hydrogen-bond acceptors (Lipinski definition) is 5. The lowest BCUT2D eigenvalue weighted by Crippen LogP contribution is -2.80. The fourth-order valence-corrected chi connectivity index (χ4v) is 3.92. The smallest absolute Gasteiger partial charge is 0.336 e. The van der Waals surface area contributed by atoms with Crippen LogP contribution in [0.5, 0.6) is 0 Å². The molecule has 0 saturated carbocycles. The summed E-state index contributed by atoms with van der Waals surface area (Å²) in [7, 11) is 0. The predicted molar refractivity (Wildman–Crippen MR) is 58.3 cm³/mol. The summed E-state index contributed by atoms with van der Waals surface area (Å²) in [6.45, 7) is 3.31. The molecule has 0 aromatic rings. The average Bonchev–Trinajstić information content (AvgIpc) is 2.46. The summed E-state index contributed by atoms with van der Waals surface area (Å²) in [4.78, 5) is 35.0. The fourth-order valence-electron chi connectivity index (χ4n) is 2.28. The van der Waals surface area contributed by atoms with Gasteiger partial charge in [0, 0.05) is 4.75 Å². The summed E-state index contributed by atoms with van der Waals surface area (Å²) in [5.74, 6) is -3.40. The molecule has 17 heavy (non-hydrogen) atoms. The highest BCUT2D eigenvalue weighted by atomic mass is 32.2. The lowest BCUT2D eigenvalue weighted by Gasteiger charge is -2.47. The molecule has 0 radical (unpaired) electrons. The van der Waals surface area contributed by atoms with Gasteiger partial charge < -0.3 is 20.8 Å². The van der Waals surface area contributed by atoms with Gasteiger partial charge >= 0.3 is 11.9 Å². The molecule has 4 N–H and O–H groups in total. The van der Waals surface area contributed by atoms with Crippen molar-refractivity contribution in [1.82, 2.24) is 4.90 Å². The second kappa shape index (κ2) is 3.14. The van der Waals surface area contributed by atoms with Crippen molar-refractivity contribution < 1.29 is 24.6 Å². The van der Waals surface area contributed by atoms with Gasteiger partial charge in [0.25, 0.3) is 5.91 Å². The highest BCUT2D eigenvalue weighted by Gasteiger charge is 2.73. The Hall–Kier alpha value is -1.28. The van der Waals surface area contributed by atoms with Gasteiger partial charge in [-0.3, -0.25) is 4.79 Å². The summed E-state index contributed by atoms with van der Waals surface area (Å²) in [6.07, 6.45) is 0. The summed E-state index contributed by atoms with van der Waals surface area (Å²) >= 11 is 1.11. The van der Waals surface area contributed by atoms with E-state index in [1.54, 1.807) is 13.8 Å². The van der Waals surface area contributed by atoms with Crippen LogP contribution in [0.1, 0.15) is 13.8 Å². The van der Waals surface area contributed by atoms with E-state index in [9.17, 15) is 14.4 Å². The Labute approximate surface area is 101 Å². The first-order chi connectivity index (χ1) is 7.64. The summed E-state index contributed by atoms with van der Waals surface area (Å²) < 4.78 is -0.761. The van der Waals surface area contributed by atoms with Crippen LogP contribution in [0.15, 0.2) is 0 Å². The van der Waals surface area contributed by atoms with Gasteiger partial charge in [-0.15, -0.1) is 11.8 Å². The monoisotopic (exact) mass is 260 g/mol. The minimum absolute atomic E-state index is 0.761. The van der Waals surface area contributed by atoms with Gasteiger partial charge in [-0.2, -0.15) is 0 Å². The normalized spacial score (nSPS) is 38.5. The molecule has 0 spiro atoms. The minimum atomic E-state index is -1.99. The minimum Gasteiger partial charge on any atom is -0.480 e.